The highest BCUT2D eigenvalue weighted by Crippen LogP contribution is 2.35. The zero-order valence-electron chi connectivity index (χ0n) is 33.2. The molecule has 0 aromatic rings. The number of ketones is 1. The molecular weight excluding hydrogens is 662 g/mol. The van der Waals surface area contributed by atoms with Gasteiger partial charge in [-0.1, -0.05) is 51.3 Å². The van der Waals surface area contributed by atoms with E-state index in [1.54, 1.807) is 32.0 Å². The highest BCUT2D eigenvalue weighted by Gasteiger charge is 2.47. The Kier molecular flexibility index (Phi) is 17.2. The molecule has 0 bridgehead atoms. The van der Waals surface area contributed by atoms with Crippen LogP contribution in [0.1, 0.15) is 98.8 Å². The van der Waals surface area contributed by atoms with Crippen LogP contribution < -0.4 is 0 Å². The van der Waals surface area contributed by atoms with Gasteiger partial charge in [0.05, 0.1) is 36.9 Å². The average Bonchev–Trinajstić information content (AvgIpc) is 3.12. The fourth-order valence-corrected chi connectivity index (χ4v) is 8.83. The van der Waals surface area contributed by atoms with Gasteiger partial charge in [0.2, 0.25) is 0 Å². The number of carbonyl (C=O) groups is 2. The standard InChI is InChI=1S/C41H71N3O8/c1-8-35-32(26-44-20-13-10-14-21-44)23-27(2)15-16-33(45)28(3)24-31(17-22-43-18-11-9-12-19-43)40(29(4)34(46)25-36(47)51-35)52-41-39(49)37(42(6)7)38(48)30(5)50-41/h15-16,23,28-32,34-35,37-41,46,48-49H,8-14,17-22,24-26H2,1-7H3/b16-15+,27-23+/t28-,29+,30+,31+,32-,34-,35-,37?,38?,39-,40-,41-/m1/s1. The fourth-order valence-electron chi connectivity index (χ4n) is 8.83. The summed E-state index contributed by atoms with van der Waals surface area (Å²) in [5, 5.41) is 34.2. The predicted octanol–water partition coefficient (Wildman–Crippen LogP) is 4.18. The van der Waals surface area contributed by atoms with Crippen LogP contribution in [-0.4, -0.2) is 144 Å². The van der Waals surface area contributed by atoms with Gasteiger partial charge in [-0.2, -0.15) is 0 Å². The normalized spacial score (nSPS) is 40.2. The number of ether oxygens (including phenoxy) is 3. The number of carbonyl (C=O) groups excluding carboxylic acids is 2. The summed E-state index contributed by atoms with van der Waals surface area (Å²) in [6.45, 7) is 15.3. The summed E-state index contributed by atoms with van der Waals surface area (Å²) in [5.74, 6) is -1.58. The Morgan fingerprint density at radius 3 is 2.15 bits per heavy atom. The molecule has 11 nitrogen and oxygen atoms in total. The van der Waals surface area contributed by atoms with E-state index in [-0.39, 0.29) is 36.1 Å². The Morgan fingerprint density at radius 2 is 1.54 bits per heavy atom. The quantitative estimate of drug-likeness (QED) is 0.295. The van der Waals surface area contributed by atoms with Crippen LogP contribution >= 0.6 is 0 Å². The first kappa shape index (κ1) is 43.0. The van der Waals surface area contributed by atoms with E-state index in [2.05, 4.69) is 15.9 Å². The fraction of sp³-hybridized carbons (Fsp3) is 0.854. The summed E-state index contributed by atoms with van der Waals surface area (Å²) in [4.78, 5) is 34.1. The van der Waals surface area contributed by atoms with E-state index in [0.29, 0.717) is 19.3 Å². The molecule has 11 heteroatoms. The van der Waals surface area contributed by atoms with Gasteiger partial charge in [-0.3, -0.25) is 9.59 Å². The van der Waals surface area contributed by atoms with Crippen LogP contribution in [0.4, 0.5) is 0 Å². The van der Waals surface area contributed by atoms with Gasteiger partial charge in [-0.15, -0.1) is 0 Å². The number of likely N-dealkylation sites (N-methyl/N-ethyl adjacent to an activating group) is 1. The number of aliphatic hydroxyl groups excluding tert-OH is 3. The Labute approximate surface area is 313 Å². The lowest BCUT2D eigenvalue weighted by Gasteiger charge is -2.47. The number of piperidine rings is 2. The Morgan fingerprint density at radius 1 is 0.904 bits per heavy atom. The maximum absolute atomic E-state index is 13.8. The molecule has 3 saturated heterocycles. The molecule has 4 rings (SSSR count). The van der Waals surface area contributed by atoms with Crippen molar-refractivity contribution in [2.75, 3.05) is 53.4 Å². The van der Waals surface area contributed by atoms with Gasteiger partial charge in [0.25, 0.3) is 0 Å². The van der Waals surface area contributed by atoms with Crippen molar-refractivity contribution in [3.63, 3.8) is 0 Å². The van der Waals surface area contributed by atoms with E-state index < -0.39 is 54.7 Å². The molecule has 4 heterocycles. The lowest BCUT2D eigenvalue weighted by Crippen LogP contribution is -2.63. The van der Waals surface area contributed by atoms with Gasteiger partial charge in [0, 0.05) is 24.3 Å². The monoisotopic (exact) mass is 734 g/mol. The van der Waals surface area contributed by atoms with Crippen LogP contribution in [0.3, 0.4) is 0 Å². The van der Waals surface area contributed by atoms with Crippen molar-refractivity contribution in [1.29, 1.82) is 0 Å². The number of hydrogen-bond donors (Lipinski definition) is 3. The first-order chi connectivity index (χ1) is 24.8. The molecular formula is C41H71N3O8. The molecule has 2 unspecified atom stereocenters. The number of cyclic esters (lactones) is 1. The van der Waals surface area contributed by atoms with Crippen molar-refractivity contribution in [1.82, 2.24) is 14.7 Å². The molecule has 12 atom stereocenters. The number of esters is 1. The Balaban J connectivity index is 1.68. The molecule has 0 radical (unpaired) electrons. The second-order valence-electron chi connectivity index (χ2n) is 16.6. The maximum Gasteiger partial charge on any atom is 0.308 e. The zero-order chi connectivity index (χ0) is 37.9. The second-order valence-corrected chi connectivity index (χ2v) is 16.6. The summed E-state index contributed by atoms with van der Waals surface area (Å²) >= 11 is 0. The molecule has 4 aliphatic heterocycles. The number of rotatable bonds is 9. The first-order valence-corrected chi connectivity index (χ1v) is 20.3. The van der Waals surface area contributed by atoms with E-state index in [1.165, 1.54) is 12.8 Å². The summed E-state index contributed by atoms with van der Waals surface area (Å²) < 4.78 is 19.1. The van der Waals surface area contributed by atoms with E-state index in [1.807, 2.05) is 33.8 Å². The van der Waals surface area contributed by atoms with Gasteiger partial charge in [-0.05, 0) is 118 Å². The third kappa shape index (κ3) is 12.2. The van der Waals surface area contributed by atoms with E-state index in [4.69, 9.17) is 14.2 Å². The number of hydrogen-bond acceptors (Lipinski definition) is 11. The average molecular weight is 734 g/mol. The third-order valence-electron chi connectivity index (χ3n) is 12.1. The smallest absolute Gasteiger partial charge is 0.308 e. The van der Waals surface area contributed by atoms with Crippen LogP contribution in [0.2, 0.25) is 0 Å². The molecule has 0 spiro atoms. The van der Waals surface area contributed by atoms with Crippen LogP contribution in [0.5, 0.6) is 0 Å². The minimum absolute atomic E-state index is 0.0270. The molecule has 298 valence electrons. The largest absolute Gasteiger partial charge is 0.462 e. The number of likely N-dealkylation sites (tertiary alicyclic amines) is 2. The third-order valence-corrected chi connectivity index (χ3v) is 12.1. The lowest BCUT2D eigenvalue weighted by atomic mass is 9.79. The summed E-state index contributed by atoms with van der Waals surface area (Å²) in [5.41, 5.74) is 0.954. The SMILES string of the molecule is CC[C@H]1OC(=O)C[C@@H](O)[C@H](C)[C@@H](O[C@H]2O[C@@H](C)C(O)C(N(C)C)[C@H]2O)[C@@H](CCN2CCCCC2)C[C@@H](C)C(=O)/C=C/C(C)=C/[C@@H]1CN1CCCCC1. The maximum atomic E-state index is 13.8. The number of aliphatic hydroxyl groups is 3. The first-order valence-electron chi connectivity index (χ1n) is 20.3. The van der Waals surface area contributed by atoms with Gasteiger partial charge in [-0.25, -0.2) is 0 Å². The van der Waals surface area contributed by atoms with Crippen LogP contribution in [0, 0.1) is 23.7 Å². The minimum Gasteiger partial charge on any atom is -0.462 e. The van der Waals surface area contributed by atoms with Crippen LogP contribution in [0.25, 0.3) is 0 Å². The van der Waals surface area contributed by atoms with Gasteiger partial charge in [0.15, 0.2) is 12.1 Å². The molecule has 0 amide bonds. The molecule has 4 aliphatic rings. The Hall–Kier alpha value is -1.70. The lowest BCUT2D eigenvalue weighted by molar-refractivity contribution is -0.304. The Bertz CT molecular complexity index is 1170. The van der Waals surface area contributed by atoms with E-state index in [0.717, 1.165) is 70.5 Å². The predicted molar refractivity (Wildman–Crippen MR) is 203 cm³/mol. The molecule has 3 N–H and O–H groups in total. The second kappa shape index (κ2) is 20.8. The molecule has 3 fully saturated rings. The number of nitrogens with zero attached hydrogens (tertiary/aromatic N) is 3. The van der Waals surface area contributed by atoms with E-state index in [9.17, 15) is 24.9 Å². The van der Waals surface area contributed by atoms with Crippen molar-refractivity contribution in [3.05, 3.63) is 23.8 Å². The van der Waals surface area contributed by atoms with E-state index >= 15 is 0 Å². The molecule has 52 heavy (non-hydrogen) atoms. The number of allylic oxidation sites excluding steroid dienone is 3. The molecule has 0 saturated carbocycles. The molecule has 0 aromatic heterocycles. The summed E-state index contributed by atoms with van der Waals surface area (Å²) in [6.07, 6.45) is 8.49. The zero-order valence-corrected chi connectivity index (χ0v) is 33.2. The van der Waals surface area contributed by atoms with Gasteiger partial charge < -0.3 is 44.2 Å². The van der Waals surface area contributed by atoms with Crippen LogP contribution in [-0.2, 0) is 23.8 Å². The topological polar surface area (TPSA) is 132 Å². The summed E-state index contributed by atoms with van der Waals surface area (Å²) in [7, 11) is 3.60. The van der Waals surface area contributed by atoms with Crippen molar-refractivity contribution in [2.24, 2.45) is 23.7 Å². The highest BCUT2D eigenvalue weighted by molar-refractivity contribution is 5.91. The summed E-state index contributed by atoms with van der Waals surface area (Å²) in [6, 6.07) is -0.632. The van der Waals surface area contributed by atoms with Crippen molar-refractivity contribution in [3.8, 4) is 0 Å². The van der Waals surface area contributed by atoms with Gasteiger partial charge >= 0.3 is 5.97 Å². The van der Waals surface area contributed by atoms with Crippen molar-refractivity contribution < 1.29 is 39.1 Å². The molecule has 0 aromatic carbocycles. The van der Waals surface area contributed by atoms with Crippen molar-refractivity contribution >= 4 is 11.8 Å². The molecule has 0 aliphatic carbocycles. The van der Waals surface area contributed by atoms with Crippen LogP contribution in [0.15, 0.2) is 23.8 Å². The highest BCUT2D eigenvalue weighted by atomic mass is 16.7. The van der Waals surface area contributed by atoms with Gasteiger partial charge in [0.1, 0.15) is 12.2 Å². The van der Waals surface area contributed by atoms with Crippen molar-refractivity contribution in [2.45, 2.75) is 148 Å². The minimum atomic E-state index is -1.17.